The van der Waals surface area contributed by atoms with Gasteiger partial charge in [-0.1, -0.05) is 0 Å². The highest BCUT2D eigenvalue weighted by Crippen LogP contribution is 2.06. The summed E-state index contributed by atoms with van der Waals surface area (Å²) in [7, 11) is 3.76. The average Bonchev–Trinajstić information content (AvgIpc) is 1.93. The molecule has 4 nitrogen and oxygen atoms in total. The third-order valence-electron chi connectivity index (χ3n) is 0.944. The minimum atomic E-state index is 0.596. The van der Waals surface area contributed by atoms with E-state index in [0.717, 1.165) is 4.47 Å². The van der Waals surface area contributed by atoms with E-state index in [4.69, 9.17) is 0 Å². The fourth-order valence-electron chi connectivity index (χ4n) is 0.570. The second kappa shape index (κ2) is 3.64. The van der Waals surface area contributed by atoms with Crippen molar-refractivity contribution in [3.8, 4) is 0 Å². The first kappa shape index (κ1) is 8.42. The van der Waals surface area contributed by atoms with Gasteiger partial charge in [0.25, 0.3) is 0 Å². The zero-order chi connectivity index (χ0) is 8.27. The van der Waals surface area contributed by atoms with Gasteiger partial charge in [-0.3, -0.25) is 5.43 Å². The summed E-state index contributed by atoms with van der Waals surface area (Å²) in [6.07, 6.45) is 3.39. The molecule has 11 heavy (non-hydrogen) atoms. The van der Waals surface area contributed by atoms with Crippen molar-refractivity contribution < 1.29 is 0 Å². The number of hydrazine groups is 1. The normalized spacial score (nSPS) is 10.2. The molecule has 0 aliphatic rings. The summed E-state index contributed by atoms with van der Waals surface area (Å²) in [5.74, 6) is 0.596. The van der Waals surface area contributed by atoms with E-state index in [0.29, 0.717) is 5.95 Å². The maximum Gasteiger partial charge on any atom is 0.237 e. The lowest BCUT2D eigenvalue weighted by Gasteiger charge is -2.10. The van der Waals surface area contributed by atoms with Crippen LogP contribution in [0.2, 0.25) is 0 Å². The van der Waals surface area contributed by atoms with E-state index in [1.807, 2.05) is 14.1 Å². The Hall–Kier alpha value is -0.680. The predicted octanol–water partition coefficient (Wildman–Crippen LogP) is 1.13. The van der Waals surface area contributed by atoms with Crippen LogP contribution in [-0.4, -0.2) is 29.1 Å². The number of nitrogens with zero attached hydrogens (tertiary/aromatic N) is 3. The number of aromatic nitrogens is 2. The van der Waals surface area contributed by atoms with Gasteiger partial charge in [0.05, 0.1) is 4.47 Å². The summed E-state index contributed by atoms with van der Waals surface area (Å²) in [6.45, 7) is 0. The summed E-state index contributed by atoms with van der Waals surface area (Å²) in [5, 5.41) is 1.78. The van der Waals surface area contributed by atoms with Gasteiger partial charge in [0.2, 0.25) is 5.95 Å². The Labute approximate surface area is 73.7 Å². The van der Waals surface area contributed by atoms with Gasteiger partial charge in [-0.15, -0.1) is 0 Å². The molecule has 1 aromatic rings. The molecule has 0 amide bonds. The number of halogens is 1. The lowest BCUT2D eigenvalue weighted by Crippen LogP contribution is -2.21. The molecule has 0 spiro atoms. The highest BCUT2D eigenvalue weighted by atomic mass is 79.9. The summed E-state index contributed by atoms with van der Waals surface area (Å²) >= 11 is 3.25. The Morgan fingerprint density at radius 1 is 1.36 bits per heavy atom. The van der Waals surface area contributed by atoms with Crippen molar-refractivity contribution in [2.24, 2.45) is 0 Å². The zero-order valence-corrected chi connectivity index (χ0v) is 7.96. The van der Waals surface area contributed by atoms with Gasteiger partial charge in [-0.25, -0.2) is 15.0 Å². The maximum absolute atomic E-state index is 4.01. The average molecular weight is 217 g/mol. The third kappa shape index (κ3) is 2.81. The highest BCUT2D eigenvalue weighted by molar-refractivity contribution is 9.10. The van der Waals surface area contributed by atoms with Crippen molar-refractivity contribution in [2.45, 2.75) is 0 Å². The van der Waals surface area contributed by atoms with Crippen LogP contribution in [0.4, 0.5) is 5.95 Å². The molecular formula is C6H9BrN4. The van der Waals surface area contributed by atoms with Gasteiger partial charge < -0.3 is 0 Å². The summed E-state index contributed by atoms with van der Waals surface area (Å²) < 4.78 is 0.877. The van der Waals surface area contributed by atoms with Gasteiger partial charge in [-0.05, 0) is 15.9 Å². The van der Waals surface area contributed by atoms with Crippen LogP contribution in [0, 0.1) is 0 Å². The predicted molar refractivity (Wildman–Crippen MR) is 47.0 cm³/mol. The number of nitrogens with one attached hydrogen (secondary N) is 1. The molecule has 0 aliphatic carbocycles. The molecule has 0 atom stereocenters. The third-order valence-corrected chi connectivity index (χ3v) is 1.35. The van der Waals surface area contributed by atoms with E-state index < -0.39 is 0 Å². The zero-order valence-electron chi connectivity index (χ0n) is 6.37. The summed E-state index contributed by atoms with van der Waals surface area (Å²) in [6, 6.07) is 0. The fraction of sp³-hybridized carbons (Fsp3) is 0.333. The van der Waals surface area contributed by atoms with Crippen molar-refractivity contribution in [1.29, 1.82) is 0 Å². The lowest BCUT2D eigenvalue weighted by atomic mass is 10.7. The molecule has 0 bridgehead atoms. The SMILES string of the molecule is CN(C)Nc1ncc(Br)cn1. The fourth-order valence-corrected chi connectivity index (χ4v) is 0.775. The quantitative estimate of drug-likeness (QED) is 0.754. The van der Waals surface area contributed by atoms with Crippen molar-refractivity contribution in [1.82, 2.24) is 15.0 Å². The maximum atomic E-state index is 4.01. The monoisotopic (exact) mass is 216 g/mol. The Bertz CT molecular complexity index is 221. The molecular weight excluding hydrogens is 208 g/mol. The molecule has 1 N–H and O–H groups in total. The van der Waals surface area contributed by atoms with Crippen LogP contribution in [-0.2, 0) is 0 Å². The highest BCUT2D eigenvalue weighted by Gasteiger charge is 1.94. The van der Waals surface area contributed by atoms with Gasteiger partial charge in [0.1, 0.15) is 0 Å². The largest absolute Gasteiger partial charge is 0.287 e. The van der Waals surface area contributed by atoms with Gasteiger partial charge >= 0.3 is 0 Å². The van der Waals surface area contributed by atoms with E-state index in [2.05, 4.69) is 31.3 Å². The van der Waals surface area contributed by atoms with Crippen LogP contribution < -0.4 is 5.43 Å². The lowest BCUT2D eigenvalue weighted by molar-refractivity contribution is 0.488. The molecule has 1 rings (SSSR count). The van der Waals surface area contributed by atoms with Crippen LogP contribution in [0.3, 0.4) is 0 Å². The van der Waals surface area contributed by atoms with E-state index >= 15 is 0 Å². The number of hydrogen-bond acceptors (Lipinski definition) is 4. The molecule has 0 fully saturated rings. The molecule has 0 aromatic carbocycles. The molecule has 0 aliphatic heterocycles. The molecule has 0 saturated carbocycles. The Balaban J connectivity index is 2.66. The minimum Gasteiger partial charge on any atom is -0.287 e. The van der Waals surface area contributed by atoms with Crippen LogP contribution in [0.1, 0.15) is 0 Å². The second-order valence-electron chi connectivity index (χ2n) is 2.23. The first-order valence-electron chi connectivity index (χ1n) is 3.10. The summed E-state index contributed by atoms with van der Waals surface area (Å²) in [4.78, 5) is 8.02. The van der Waals surface area contributed by atoms with Crippen molar-refractivity contribution in [3.63, 3.8) is 0 Å². The first-order chi connectivity index (χ1) is 5.18. The van der Waals surface area contributed by atoms with Gasteiger partial charge in [0, 0.05) is 26.5 Å². The van der Waals surface area contributed by atoms with E-state index in [1.165, 1.54) is 0 Å². The topological polar surface area (TPSA) is 41.0 Å². The molecule has 60 valence electrons. The van der Waals surface area contributed by atoms with E-state index in [1.54, 1.807) is 17.4 Å². The second-order valence-corrected chi connectivity index (χ2v) is 3.15. The molecule has 0 saturated heterocycles. The van der Waals surface area contributed by atoms with Crippen molar-refractivity contribution >= 4 is 21.9 Å². The molecule has 0 unspecified atom stereocenters. The number of hydrogen-bond donors (Lipinski definition) is 1. The standard InChI is InChI=1S/C6H9BrN4/c1-11(2)10-6-8-3-5(7)4-9-6/h3-4H,1-2H3,(H,8,9,10). The van der Waals surface area contributed by atoms with Gasteiger partial charge in [0.15, 0.2) is 0 Å². The smallest absolute Gasteiger partial charge is 0.237 e. The van der Waals surface area contributed by atoms with Crippen LogP contribution in [0.5, 0.6) is 0 Å². The van der Waals surface area contributed by atoms with Gasteiger partial charge in [-0.2, -0.15) is 0 Å². The molecule has 1 heterocycles. The van der Waals surface area contributed by atoms with Crippen LogP contribution in [0.25, 0.3) is 0 Å². The van der Waals surface area contributed by atoms with Crippen molar-refractivity contribution in [2.75, 3.05) is 19.5 Å². The van der Waals surface area contributed by atoms with Crippen molar-refractivity contribution in [3.05, 3.63) is 16.9 Å². The first-order valence-corrected chi connectivity index (χ1v) is 3.89. The van der Waals surface area contributed by atoms with E-state index in [9.17, 15) is 0 Å². The Morgan fingerprint density at radius 3 is 2.36 bits per heavy atom. The van der Waals surface area contributed by atoms with Crippen LogP contribution >= 0.6 is 15.9 Å². The molecule has 1 aromatic heterocycles. The van der Waals surface area contributed by atoms with Crippen LogP contribution in [0.15, 0.2) is 16.9 Å². The molecule has 0 radical (unpaired) electrons. The Morgan fingerprint density at radius 2 is 1.91 bits per heavy atom. The number of rotatable bonds is 2. The molecule has 5 heteroatoms. The minimum absolute atomic E-state index is 0.596. The van der Waals surface area contributed by atoms with E-state index in [-0.39, 0.29) is 0 Å². The Kier molecular flexibility index (Phi) is 2.78. The summed E-state index contributed by atoms with van der Waals surface area (Å²) in [5.41, 5.74) is 2.92. The number of anilines is 1.